The lowest BCUT2D eigenvalue weighted by molar-refractivity contribution is -0.142. The Morgan fingerprint density at radius 3 is 2.22 bits per heavy atom. The lowest BCUT2D eigenvalue weighted by atomic mass is 9.97. The zero-order valence-corrected chi connectivity index (χ0v) is 12.0. The van der Waals surface area contributed by atoms with E-state index in [1.54, 1.807) is 0 Å². The first kappa shape index (κ1) is 16.7. The van der Waals surface area contributed by atoms with Crippen molar-refractivity contribution in [2.24, 2.45) is 11.8 Å². The summed E-state index contributed by atoms with van der Waals surface area (Å²) in [6, 6.07) is -0.308. The van der Waals surface area contributed by atoms with Crippen molar-refractivity contribution in [1.82, 2.24) is 10.6 Å². The number of hydrogen-bond donors (Lipinski definition) is 3. The van der Waals surface area contributed by atoms with Crippen molar-refractivity contribution in [2.75, 3.05) is 6.54 Å². The van der Waals surface area contributed by atoms with Gasteiger partial charge in [-0.2, -0.15) is 0 Å². The van der Waals surface area contributed by atoms with E-state index < -0.39 is 11.9 Å². The molecular formula is C13H26N2O3. The minimum absolute atomic E-state index is 0.166. The van der Waals surface area contributed by atoms with Crippen LogP contribution in [0.2, 0.25) is 0 Å². The summed E-state index contributed by atoms with van der Waals surface area (Å²) in [6.45, 7) is 9.94. The second-order valence-corrected chi connectivity index (χ2v) is 5.74. The van der Waals surface area contributed by atoms with Crippen molar-refractivity contribution in [3.63, 3.8) is 0 Å². The fourth-order valence-electron chi connectivity index (χ4n) is 1.50. The van der Waals surface area contributed by atoms with Gasteiger partial charge in [-0.05, 0) is 32.6 Å². The molecule has 0 fully saturated rings. The van der Waals surface area contributed by atoms with Gasteiger partial charge in [-0.1, -0.05) is 20.8 Å². The first-order valence-corrected chi connectivity index (χ1v) is 6.46. The maximum absolute atomic E-state index is 11.6. The molecule has 0 saturated heterocycles. The maximum atomic E-state index is 11.6. The van der Waals surface area contributed by atoms with E-state index in [1.807, 2.05) is 34.6 Å². The van der Waals surface area contributed by atoms with E-state index in [0.717, 1.165) is 6.42 Å². The molecule has 1 unspecified atom stereocenters. The van der Waals surface area contributed by atoms with Gasteiger partial charge in [-0.3, -0.25) is 4.79 Å². The standard InChI is InChI=1S/C13H26N2O3/c1-6-13(4,5)15-12(18)14-8-10(11(16)17)7-9(2)3/h9-10H,6-8H2,1-5H3,(H,16,17)(H2,14,15,18). The summed E-state index contributed by atoms with van der Waals surface area (Å²) in [5, 5.41) is 14.5. The van der Waals surface area contributed by atoms with Crippen molar-refractivity contribution >= 4 is 12.0 Å². The molecule has 0 rings (SSSR count). The first-order valence-electron chi connectivity index (χ1n) is 6.46. The molecule has 0 heterocycles. The minimum atomic E-state index is -0.862. The Bertz CT molecular complexity index is 288. The van der Waals surface area contributed by atoms with Gasteiger partial charge in [0, 0.05) is 12.1 Å². The van der Waals surface area contributed by atoms with Gasteiger partial charge in [-0.25, -0.2) is 4.79 Å². The number of carboxylic acids is 1. The van der Waals surface area contributed by atoms with Gasteiger partial charge in [0.1, 0.15) is 0 Å². The minimum Gasteiger partial charge on any atom is -0.481 e. The topological polar surface area (TPSA) is 78.4 Å². The number of carboxylic acid groups (broad SMARTS) is 1. The van der Waals surface area contributed by atoms with Crippen LogP contribution in [-0.4, -0.2) is 29.2 Å². The van der Waals surface area contributed by atoms with Gasteiger partial charge in [0.05, 0.1) is 5.92 Å². The predicted octanol–water partition coefficient (Wildman–Crippen LogP) is 2.22. The van der Waals surface area contributed by atoms with Crippen LogP contribution in [0.25, 0.3) is 0 Å². The van der Waals surface area contributed by atoms with E-state index in [0.29, 0.717) is 12.3 Å². The highest BCUT2D eigenvalue weighted by Gasteiger charge is 2.22. The molecule has 0 aliphatic rings. The number of carbonyl (C=O) groups is 2. The summed E-state index contributed by atoms with van der Waals surface area (Å²) in [5.41, 5.74) is -0.277. The third kappa shape index (κ3) is 7.14. The highest BCUT2D eigenvalue weighted by molar-refractivity contribution is 5.76. The molecule has 1 atom stereocenters. The van der Waals surface area contributed by atoms with Crippen molar-refractivity contribution in [1.29, 1.82) is 0 Å². The molecule has 3 N–H and O–H groups in total. The average Bonchev–Trinajstić information content (AvgIpc) is 2.22. The van der Waals surface area contributed by atoms with Crippen LogP contribution in [0.5, 0.6) is 0 Å². The molecule has 0 radical (unpaired) electrons. The monoisotopic (exact) mass is 258 g/mol. The first-order chi connectivity index (χ1) is 8.18. The molecule has 0 aliphatic carbocycles. The zero-order chi connectivity index (χ0) is 14.3. The summed E-state index contributed by atoms with van der Waals surface area (Å²) < 4.78 is 0. The second-order valence-electron chi connectivity index (χ2n) is 5.74. The zero-order valence-electron chi connectivity index (χ0n) is 12.0. The molecule has 0 aliphatic heterocycles. The predicted molar refractivity (Wildman–Crippen MR) is 71.5 cm³/mol. The molecule has 18 heavy (non-hydrogen) atoms. The summed E-state index contributed by atoms with van der Waals surface area (Å²) >= 11 is 0. The van der Waals surface area contributed by atoms with E-state index in [4.69, 9.17) is 5.11 Å². The van der Waals surface area contributed by atoms with Crippen molar-refractivity contribution in [3.8, 4) is 0 Å². The maximum Gasteiger partial charge on any atom is 0.315 e. The molecule has 0 saturated carbocycles. The molecule has 0 aromatic heterocycles. The fourth-order valence-corrected chi connectivity index (χ4v) is 1.50. The van der Waals surface area contributed by atoms with E-state index in [9.17, 15) is 9.59 Å². The van der Waals surface area contributed by atoms with Crippen LogP contribution in [0.4, 0.5) is 4.79 Å². The summed E-state index contributed by atoms with van der Waals surface area (Å²) in [4.78, 5) is 22.6. The van der Waals surface area contributed by atoms with Crippen LogP contribution < -0.4 is 10.6 Å². The van der Waals surface area contributed by atoms with E-state index >= 15 is 0 Å². The van der Waals surface area contributed by atoms with Gasteiger partial charge in [0.15, 0.2) is 0 Å². The fraction of sp³-hybridized carbons (Fsp3) is 0.846. The lowest BCUT2D eigenvalue weighted by Crippen LogP contribution is -2.49. The van der Waals surface area contributed by atoms with E-state index in [2.05, 4.69) is 10.6 Å². The van der Waals surface area contributed by atoms with Crippen LogP contribution in [-0.2, 0) is 4.79 Å². The number of aliphatic carboxylic acids is 1. The van der Waals surface area contributed by atoms with Gasteiger partial charge in [0.2, 0.25) is 0 Å². The summed E-state index contributed by atoms with van der Waals surface area (Å²) in [6.07, 6.45) is 1.38. The Morgan fingerprint density at radius 2 is 1.83 bits per heavy atom. The van der Waals surface area contributed by atoms with Crippen molar-refractivity contribution in [3.05, 3.63) is 0 Å². The Labute approximate surface area is 109 Å². The SMILES string of the molecule is CCC(C)(C)NC(=O)NCC(CC(C)C)C(=O)O. The highest BCUT2D eigenvalue weighted by Crippen LogP contribution is 2.11. The molecule has 5 nitrogen and oxygen atoms in total. The number of hydrogen-bond acceptors (Lipinski definition) is 2. The molecular weight excluding hydrogens is 232 g/mol. The van der Waals surface area contributed by atoms with Crippen LogP contribution in [0.1, 0.15) is 47.5 Å². The Balaban J connectivity index is 4.20. The Morgan fingerprint density at radius 1 is 1.28 bits per heavy atom. The highest BCUT2D eigenvalue weighted by atomic mass is 16.4. The quantitative estimate of drug-likeness (QED) is 0.655. The number of rotatable bonds is 7. The number of carbonyl (C=O) groups excluding carboxylic acids is 1. The van der Waals surface area contributed by atoms with Crippen LogP contribution in [0.3, 0.4) is 0 Å². The molecule has 106 valence electrons. The summed E-state index contributed by atoms with van der Waals surface area (Å²) in [7, 11) is 0. The van der Waals surface area contributed by atoms with Gasteiger partial charge < -0.3 is 15.7 Å². The van der Waals surface area contributed by atoms with Gasteiger partial charge >= 0.3 is 12.0 Å². The van der Waals surface area contributed by atoms with Gasteiger partial charge in [0.25, 0.3) is 0 Å². The van der Waals surface area contributed by atoms with E-state index in [-0.39, 0.29) is 18.1 Å². The van der Waals surface area contributed by atoms with E-state index in [1.165, 1.54) is 0 Å². The largest absolute Gasteiger partial charge is 0.481 e. The molecule has 0 spiro atoms. The summed E-state index contributed by atoms with van der Waals surface area (Å²) in [5.74, 6) is -1.10. The normalized spacial score (nSPS) is 13.2. The van der Waals surface area contributed by atoms with Crippen molar-refractivity contribution in [2.45, 2.75) is 53.0 Å². The third-order valence-electron chi connectivity index (χ3n) is 2.95. The number of amides is 2. The Kier molecular flexibility index (Phi) is 6.73. The van der Waals surface area contributed by atoms with Gasteiger partial charge in [-0.15, -0.1) is 0 Å². The molecule has 5 heteroatoms. The van der Waals surface area contributed by atoms with Crippen molar-refractivity contribution < 1.29 is 14.7 Å². The van der Waals surface area contributed by atoms with Crippen LogP contribution >= 0.6 is 0 Å². The molecule has 2 amide bonds. The lowest BCUT2D eigenvalue weighted by Gasteiger charge is -2.25. The second kappa shape index (κ2) is 7.24. The molecule has 0 aromatic rings. The number of nitrogens with one attached hydrogen (secondary N) is 2. The van der Waals surface area contributed by atoms with Crippen LogP contribution in [0, 0.1) is 11.8 Å². The molecule has 0 bridgehead atoms. The molecule has 0 aromatic carbocycles. The number of urea groups is 1. The average molecular weight is 258 g/mol. The third-order valence-corrected chi connectivity index (χ3v) is 2.95. The van der Waals surface area contributed by atoms with Crippen LogP contribution in [0.15, 0.2) is 0 Å². The Hall–Kier alpha value is -1.26. The smallest absolute Gasteiger partial charge is 0.315 e.